The van der Waals surface area contributed by atoms with Gasteiger partial charge in [0.25, 0.3) is 0 Å². The number of benzene rings is 2. The van der Waals surface area contributed by atoms with Crippen LogP contribution >= 0.6 is 12.4 Å². The number of piperazine rings is 1. The summed E-state index contributed by atoms with van der Waals surface area (Å²) in [5, 5.41) is 0. The SMILES string of the molecule is CO[C@H]1c2ccccc2[C@@H]2CN(C)CCN2c2ccccc21.Cl. The average molecular weight is 331 g/mol. The van der Waals surface area contributed by atoms with Crippen molar-refractivity contribution in [1.82, 2.24) is 4.90 Å². The predicted molar refractivity (Wildman–Crippen MR) is 96.6 cm³/mol. The fraction of sp³-hybridized carbons (Fsp3) is 0.368. The molecule has 2 aromatic rings. The zero-order valence-corrected chi connectivity index (χ0v) is 14.4. The molecule has 0 N–H and O–H groups in total. The molecule has 2 aliphatic heterocycles. The van der Waals surface area contributed by atoms with E-state index in [1.165, 1.54) is 22.4 Å². The lowest BCUT2D eigenvalue weighted by Crippen LogP contribution is -2.46. The number of ether oxygens (including phenoxy) is 1. The molecule has 4 heteroatoms. The van der Waals surface area contributed by atoms with Crippen LogP contribution in [0.3, 0.4) is 0 Å². The number of rotatable bonds is 1. The van der Waals surface area contributed by atoms with Gasteiger partial charge in [0.15, 0.2) is 0 Å². The molecule has 2 aromatic carbocycles. The van der Waals surface area contributed by atoms with E-state index in [0.29, 0.717) is 6.04 Å². The Bertz CT molecular complexity index is 691. The molecule has 0 spiro atoms. The third-order valence-corrected chi connectivity index (χ3v) is 4.99. The fourth-order valence-electron chi connectivity index (χ4n) is 3.92. The normalized spacial score (nSPS) is 23.1. The fourth-order valence-corrected chi connectivity index (χ4v) is 3.92. The highest BCUT2D eigenvalue weighted by atomic mass is 35.5. The first-order valence-electron chi connectivity index (χ1n) is 7.95. The first kappa shape index (κ1) is 16.3. The summed E-state index contributed by atoms with van der Waals surface area (Å²) >= 11 is 0. The number of para-hydroxylation sites is 1. The molecule has 1 fully saturated rings. The van der Waals surface area contributed by atoms with Crippen molar-refractivity contribution in [2.24, 2.45) is 0 Å². The van der Waals surface area contributed by atoms with Crippen LogP contribution in [0.5, 0.6) is 0 Å². The Hall–Kier alpha value is -1.55. The van der Waals surface area contributed by atoms with Crippen LogP contribution in [0.1, 0.15) is 28.8 Å². The average Bonchev–Trinajstić information content (AvgIpc) is 2.67. The number of halogens is 1. The Kier molecular flexibility index (Phi) is 4.62. The maximum absolute atomic E-state index is 5.92. The zero-order chi connectivity index (χ0) is 15.1. The van der Waals surface area contributed by atoms with E-state index in [-0.39, 0.29) is 18.5 Å². The van der Waals surface area contributed by atoms with E-state index in [4.69, 9.17) is 4.74 Å². The van der Waals surface area contributed by atoms with E-state index in [1.807, 2.05) is 7.11 Å². The van der Waals surface area contributed by atoms with Gasteiger partial charge in [-0.3, -0.25) is 0 Å². The summed E-state index contributed by atoms with van der Waals surface area (Å²) in [6.45, 7) is 3.22. The minimum Gasteiger partial charge on any atom is -0.372 e. The van der Waals surface area contributed by atoms with Crippen LogP contribution in [-0.2, 0) is 4.74 Å². The van der Waals surface area contributed by atoms with Crippen molar-refractivity contribution in [3.63, 3.8) is 0 Å². The standard InChI is InChI=1S/C19H22N2O.ClH/c1-20-11-12-21-17-10-6-5-9-16(17)19(22-2)15-8-4-3-7-14(15)18(21)13-20;/h3-10,18-19H,11-13H2,1-2H3;1H/t18-,19-;/m0./s1. The number of hydrogen-bond acceptors (Lipinski definition) is 3. The maximum Gasteiger partial charge on any atom is 0.109 e. The van der Waals surface area contributed by atoms with Crippen LogP contribution in [0.15, 0.2) is 48.5 Å². The molecule has 4 rings (SSSR count). The van der Waals surface area contributed by atoms with Crippen LogP contribution in [0, 0.1) is 0 Å². The van der Waals surface area contributed by atoms with Crippen LogP contribution in [0.2, 0.25) is 0 Å². The topological polar surface area (TPSA) is 15.7 Å². The second-order valence-electron chi connectivity index (χ2n) is 6.27. The van der Waals surface area contributed by atoms with Gasteiger partial charge < -0.3 is 14.5 Å². The molecule has 0 aromatic heterocycles. The van der Waals surface area contributed by atoms with E-state index in [1.54, 1.807) is 0 Å². The Balaban J connectivity index is 0.00000156. The van der Waals surface area contributed by atoms with E-state index in [0.717, 1.165) is 19.6 Å². The number of hydrogen-bond donors (Lipinski definition) is 0. The molecule has 1 saturated heterocycles. The zero-order valence-electron chi connectivity index (χ0n) is 13.6. The minimum absolute atomic E-state index is 0. The minimum atomic E-state index is 0. The van der Waals surface area contributed by atoms with E-state index in [2.05, 4.69) is 65.4 Å². The molecule has 0 unspecified atom stereocenters. The smallest absolute Gasteiger partial charge is 0.109 e. The summed E-state index contributed by atoms with van der Waals surface area (Å²) in [4.78, 5) is 4.99. The monoisotopic (exact) mass is 330 g/mol. The Morgan fingerprint density at radius 2 is 1.57 bits per heavy atom. The lowest BCUT2D eigenvalue weighted by molar-refractivity contribution is 0.136. The highest BCUT2D eigenvalue weighted by Gasteiger charge is 2.35. The van der Waals surface area contributed by atoms with Crippen LogP contribution in [0.4, 0.5) is 5.69 Å². The van der Waals surface area contributed by atoms with Gasteiger partial charge in [-0.25, -0.2) is 0 Å². The Morgan fingerprint density at radius 1 is 0.913 bits per heavy atom. The quantitative estimate of drug-likeness (QED) is 0.793. The molecule has 0 bridgehead atoms. The predicted octanol–water partition coefficient (Wildman–Crippen LogP) is 3.65. The van der Waals surface area contributed by atoms with Gasteiger partial charge in [-0.1, -0.05) is 42.5 Å². The number of anilines is 1. The van der Waals surface area contributed by atoms with Gasteiger partial charge in [0.05, 0.1) is 6.04 Å². The van der Waals surface area contributed by atoms with Crippen molar-refractivity contribution >= 4 is 18.1 Å². The van der Waals surface area contributed by atoms with Gasteiger partial charge in [-0.05, 0) is 24.2 Å². The summed E-state index contributed by atoms with van der Waals surface area (Å²) < 4.78 is 5.92. The molecule has 0 amide bonds. The number of nitrogens with zero attached hydrogens (tertiary/aromatic N) is 2. The maximum atomic E-state index is 5.92. The van der Waals surface area contributed by atoms with Crippen molar-refractivity contribution in [2.45, 2.75) is 12.1 Å². The summed E-state index contributed by atoms with van der Waals surface area (Å²) in [5.41, 5.74) is 5.31. The first-order chi connectivity index (χ1) is 10.8. The van der Waals surface area contributed by atoms with Crippen molar-refractivity contribution in [2.75, 3.05) is 38.7 Å². The molecule has 0 saturated carbocycles. The van der Waals surface area contributed by atoms with Crippen molar-refractivity contribution in [3.05, 3.63) is 65.2 Å². The third kappa shape index (κ3) is 2.63. The Labute approximate surface area is 144 Å². The second kappa shape index (κ2) is 6.52. The van der Waals surface area contributed by atoms with Gasteiger partial charge in [-0.2, -0.15) is 0 Å². The molecular weight excluding hydrogens is 308 g/mol. The molecule has 23 heavy (non-hydrogen) atoms. The van der Waals surface area contributed by atoms with Crippen LogP contribution in [-0.4, -0.2) is 38.7 Å². The van der Waals surface area contributed by atoms with E-state index < -0.39 is 0 Å². The molecule has 2 atom stereocenters. The highest BCUT2D eigenvalue weighted by Crippen LogP contribution is 2.44. The van der Waals surface area contributed by atoms with Crippen LogP contribution in [0.25, 0.3) is 0 Å². The van der Waals surface area contributed by atoms with E-state index in [9.17, 15) is 0 Å². The first-order valence-corrected chi connectivity index (χ1v) is 7.95. The van der Waals surface area contributed by atoms with Crippen LogP contribution < -0.4 is 4.90 Å². The summed E-state index contributed by atoms with van der Waals surface area (Å²) in [5.74, 6) is 0. The van der Waals surface area contributed by atoms with Gasteiger partial charge in [0.2, 0.25) is 0 Å². The molecule has 2 aliphatic rings. The van der Waals surface area contributed by atoms with Crippen molar-refractivity contribution in [1.29, 1.82) is 0 Å². The number of fused-ring (bicyclic) bond motifs is 5. The molecule has 122 valence electrons. The molecule has 2 heterocycles. The van der Waals surface area contributed by atoms with E-state index >= 15 is 0 Å². The summed E-state index contributed by atoms with van der Waals surface area (Å²) in [6, 6.07) is 17.9. The lowest BCUT2D eigenvalue weighted by Gasteiger charge is -2.41. The summed E-state index contributed by atoms with van der Waals surface area (Å²) in [7, 11) is 4.03. The van der Waals surface area contributed by atoms with Gasteiger partial charge in [0, 0.05) is 38.0 Å². The van der Waals surface area contributed by atoms with Crippen molar-refractivity contribution in [3.8, 4) is 0 Å². The number of methoxy groups -OCH3 is 1. The molecular formula is C19H23ClN2O. The molecule has 0 aliphatic carbocycles. The summed E-state index contributed by atoms with van der Waals surface area (Å²) in [6.07, 6.45) is 0.0170. The third-order valence-electron chi connectivity index (χ3n) is 4.99. The second-order valence-corrected chi connectivity index (χ2v) is 6.27. The van der Waals surface area contributed by atoms with Gasteiger partial charge >= 0.3 is 0 Å². The molecule has 3 nitrogen and oxygen atoms in total. The van der Waals surface area contributed by atoms with Gasteiger partial charge in [0.1, 0.15) is 6.10 Å². The number of likely N-dealkylation sites (N-methyl/N-ethyl adjacent to an activating group) is 1. The van der Waals surface area contributed by atoms with Crippen molar-refractivity contribution < 1.29 is 4.74 Å². The lowest BCUT2D eigenvalue weighted by atomic mass is 9.94. The largest absolute Gasteiger partial charge is 0.372 e. The Morgan fingerprint density at radius 3 is 2.30 bits per heavy atom. The molecule has 0 radical (unpaired) electrons. The highest BCUT2D eigenvalue weighted by molar-refractivity contribution is 5.85. The van der Waals surface area contributed by atoms with Gasteiger partial charge in [-0.15, -0.1) is 12.4 Å².